The predicted molar refractivity (Wildman–Crippen MR) is 154 cm³/mol. The summed E-state index contributed by atoms with van der Waals surface area (Å²) in [5.74, 6) is 2.33. The van der Waals surface area contributed by atoms with Crippen molar-refractivity contribution in [3.63, 3.8) is 0 Å². The highest BCUT2D eigenvalue weighted by atomic mass is 32.1. The number of hydrogen-bond donors (Lipinski definition) is 1. The molecule has 8 nitrogen and oxygen atoms in total. The van der Waals surface area contributed by atoms with E-state index in [0.29, 0.717) is 41.6 Å². The highest BCUT2D eigenvalue weighted by Gasteiger charge is 2.48. The molecule has 1 aliphatic heterocycles. The Hall–Kier alpha value is -2.65. The summed E-state index contributed by atoms with van der Waals surface area (Å²) < 4.78 is 19.7. The summed E-state index contributed by atoms with van der Waals surface area (Å²) in [4.78, 5) is 19.2. The molecule has 41 heavy (non-hydrogen) atoms. The quantitative estimate of drug-likeness (QED) is 0.291. The molecule has 6 fully saturated rings. The minimum atomic E-state index is -0.932. The zero-order chi connectivity index (χ0) is 27.3. The van der Waals surface area contributed by atoms with E-state index < -0.39 is 5.97 Å². The molecule has 3 atom stereocenters. The fourth-order valence-electron chi connectivity index (χ4n) is 7.87. The smallest absolute Gasteiger partial charge is 0.335 e. The Balaban J connectivity index is 0.901. The Morgan fingerprint density at radius 3 is 2.59 bits per heavy atom. The number of nitrogens with zero attached hydrogens (tertiary/aromatic N) is 3. The molecule has 9 rings (SSSR count). The van der Waals surface area contributed by atoms with Crippen molar-refractivity contribution in [1.29, 1.82) is 0 Å². The lowest BCUT2D eigenvalue weighted by Gasteiger charge is -2.31. The summed E-state index contributed by atoms with van der Waals surface area (Å²) in [5.41, 5.74) is 4.21. The number of carboxylic acid groups (broad SMARTS) is 1. The van der Waals surface area contributed by atoms with E-state index in [1.54, 1.807) is 23.5 Å². The normalized spacial score (nSPS) is 28.7. The molecule has 0 amide bonds. The second kappa shape index (κ2) is 9.17. The van der Waals surface area contributed by atoms with Gasteiger partial charge in [-0.1, -0.05) is 16.5 Å². The standard InChI is InChI=1S/C32H37N3O5S/c36-30(37)19-12-25(39-22-3-4-22)28-26(13-19)41-31(33-28)35-15-20-11-21(35)14-24(20)38-16-23-27(34-40-29(23)18-1-2-18)17-5-7-32(8-6-17)9-10-32/h12-13,17-18,20-22,24H,1-11,14-16H2,(H,36,37)/t20-,21?,24+/m0/s1. The third-order valence-electron chi connectivity index (χ3n) is 10.9. The molecule has 6 aliphatic rings. The van der Waals surface area contributed by atoms with Crippen LogP contribution in [0.5, 0.6) is 5.75 Å². The highest BCUT2D eigenvalue weighted by molar-refractivity contribution is 7.22. The molecule has 3 aromatic rings. The molecule has 1 N–H and O–H groups in total. The van der Waals surface area contributed by atoms with Gasteiger partial charge in [-0.15, -0.1) is 0 Å². The summed E-state index contributed by atoms with van der Waals surface area (Å²) >= 11 is 1.58. The number of anilines is 1. The fraction of sp³-hybridized carbons (Fsp3) is 0.656. The van der Waals surface area contributed by atoms with E-state index in [-0.39, 0.29) is 17.8 Å². The Bertz CT molecular complexity index is 1510. The molecule has 1 aromatic carbocycles. The Morgan fingerprint density at radius 2 is 1.90 bits per heavy atom. The molecule has 9 heteroatoms. The number of ether oxygens (including phenoxy) is 2. The number of fused-ring (bicyclic) bond motifs is 3. The molecule has 1 unspecified atom stereocenters. The van der Waals surface area contributed by atoms with Crippen LogP contribution in [0.4, 0.5) is 5.13 Å². The van der Waals surface area contributed by atoms with Gasteiger partial charge in [-0.05, 0) is 94.6 Å². The number of aromatic carboxylic acids is 1. The van der Waals surface area contributed by atoms with Gasteiger partial charge in [0.15, 0.2) is 5.13 Å². The second-order valence-corrected chi connectivity index (χ2v) is 14.8. The molecule has 2 bridgehead atoms. The van der Waals surface area contributed by atoms with Gasteiger partial charge in [-0.3, -0.25) is 0 Å². The molecular formula is C32H37N3O5S. The average molecular weight is 576 g/mol. The zero-order valence-electron chi connectivity index (χ0n) is 23.3. The lowest BCUT2D eigenvalue weighted by Crippen LogP contribution is -2.38. The molecule has 216 valence electrons. The largest absolute Gasteiger partial charge is 0.488 e. The van der Waals surface area contributed by atoms with Crippen molar-refractivity contribution in [3.8, 4) is 5.75 Å². The number of hydrogen-bond acceptors (Lipinski definition) is 8. The summed E-state index contributed by atoms with van der Waals surface area (Å²) in [5, 5.41) is 15.3. The van der Waals surface area contributed by atoms with Crippen LogP contribution in [0.3, 0.4) is 0 Å². The van der Waals surface area contributed by atoms with Crippen LogP contribution in [0.25, 0.3) is 10.2 Å². The first-order valence-electron chi connectivity index (χ1n) is 15.7. The van der Waals surface area contributed by atoms with Crippen molar-refractivity contribution in [3.05, 3.63) is 34.7 Å². The highest BCUT2D eigenvalue weighted by Crippen LogP contribution is 2.59. The maximum Gasteiger partial charge on any atom is 0.335 e. The van der Waals surface area contributed by atoms with Gasteiger partial charge in [-0.25, -0.2) is 9.78 Å². The van der Waals surface area contributed by atoms with Crippen LogP contribution < -0.4 is 9.64 Å². The lowest BCUT2D eigenvalue weighted by molar-refractivity contribution is 0.0116. The van der Waals surface area contributed by atoms with Gasteiger partial charge < -0.3 is 24.0 Å². The monoisotopic (exact) mass is 575 g/mol. The van der Waals surface area contributed by atoms with Crippen molar-refractivity contribution in [2.24, 2.45) is 11.3 Å². The van der Waals surface area contributed by atoms with Crippen molar-refractivity contribution in [2.75, 3.05) is 11.4 Å². The van der Waals surface area contributed by atoms with Gasteiger partial charge in [0.2, 0.25) is 0 Å². The first-order chi connectivity index (χ1) is 20.0. The van der Waals surface area contributed by atoms with E-state index in [0.717, 1.165) is 53.3 Å². The first-order valence-corrected chi connectivity index (χ1v) is 16.5. The third kappa shape index (κ3) is 4.46. The second-order valence-electron chi connectivity index (χ2n) is 13.8. The number of aromatic nitrogens is 2. The van der Waals surface area contributed by atoms with Crippen LogP contribution in [-0.4, -0.2) is 46.0 Å². The van der Waals surface area contributed by atoms with Gasteiger partial charge >= 0.3 is 5.97 Å². The van der Waals surface area contributed by atoms with Gasteiger partial charge in [0.05, 0.1) is 34.8 Å². The Kier molecular flexibility index (Phi) is 5.57. The third-order valence-corrected chi connectivity index (χ3v) is 11.9. The maximum absolute atomic E-state index is 11.7. The van der Waals surface area contributed by atoms with Crippen LogP contribution in [0.2, 0.25) is 0 Å². The van der Waals surface area contributed by atoms with E-state index in [4.69, 9.17) is 19.0 Å². The number of carboxylic acids is 1. The van der Waals surface area contributed by atoms with E-state index in [1.165, 1.54) is 62.6 Å². The number of rotatable bonds is 9. The predicted octanol–water partition coefficient (Wildman–Crippen LogP) is 7.02. The topological polar surface area (TPSA) is 97.9 Å². The molecule has 5 aliphatic carbocycles. The molecule has 0 radical (unpaired) electrons. The molecule has 3 heterocycles. The number of piperidine rings is 1. The summed E-state index contributed by atoms with van der Waals surface area (Å²) in [7, 11) is 0. The first kappa shape index (κ1) is 24.9. The minimum Gasteiger partial charge on any atom is -0.488 e. The van der Waals surface area contributed by atoms with Crippen LogP contribution in [0.15, 0.2) is 16.7 Å². The molecule has 1 spiro atoms. The SMILES string of the molecule is O=C(O)c1cc(OC2CC2)c2nc(N3C[C@@H]4CC3C[C@H]4OCc3c(C4CCC5(CC4)CC5)noc3C3CC3)sc2c1. The van der Waals surface area contributed by atoms with E-state index >= 15 is 0 Å². The molecule has 1 saturated heterocycles. The number of carbonyl (C=O) groups is 1. The maximum atomic E-state index is 11.7. The lowest BCUT2D eigenvalue weighted by atomic mass is 9.77. The van der Waals surface area contributed by atoms with Crippen LogP contribution in [0.1, 0.15) is 116 Å². The fourth-order valence-corrected chi connectivity index (χ4v) is 8.97. The van der Waals surface area contributed by atoms with Crippen LogP contribution >= 0.6 is 11.3 Å². The van der Waals surface area contributed by atoms with Crippen LogP contribution in [0, 0.1) is 11.3 Å². The Labute approximate surface area is 243 Å². The Morgan fingerprint density at radius 1 is 1.07 bits per heavy atom. The van der Waals surface area contributed by atoms with Gasteiger partial charge in [0.25, 0.3) is 0 Å². The van der Waals surface area contributed by atoms with Gasteiger partial charge in [0, 0.05) is 35.9 Å². The van der Waals surface area contributed by atoms with Crippen molar-refractivity contribution < 1.29 is 23.9 Å². The average Bonchev–Trinajstić information content (AvgIpc) is 3.94. The summed E-state index contributed by atoms with van der Waals surface area (Å²) in [6, 6.07) is 3.78. The van der Waals surface area contributed by atoms with Crippen molar-refractivity contribution in [2.45, 2.75) is 114 Å². The minimum absolute atomic E-state index is 0.187. The van der Waals surface area contributed by atoms with Crippen molar-refractivity contribution >= 4 is 32.7 Å². The molecular weight excluding hydrogens is 538 g/mol. The zero-order valence-corrected chi connectivity index (χ0v) is 24.2. The van der Waals surface area contributed by atoms with Crippen molar-refractivity contribution in [1.82, 2.24) is 10.1 Å². The van der Waals surface area contributed by atoms with Gasteiger partial charge in [0.1, 0.15) is 17.0 Å². The van der Waals surface area contributed by atoms with E-state index in [1.807, 2.05) is 0 Å². The molecule has 2 aromatic heterocycles. The van der Waals surface area contributed by atoms with Crippen LogP contribution in [-0.2, 0) is 11.3 Å². The van der Waals surface area contributed by atoms with E-state index in [9.17, 15) is 9.90 Å². The number of benzene rings is 1. The van der Waals surface area contributed by atoms with E-state index in [2.05, 4.69) is 10.1 Å². The number of thiazole rings is 1. The molecule has 5 saturated carbocycles. The summed E-state index contributed by atoms with van der Waals surface area (Å²) in [6.07, 6.45) is 15.1. The van der Waals surface area contributed by atoms with Gasteiger partial charge in [-0.2, -0.15) is 0 Å². The summed E-state index contributed by atoms with van der Waals surface area (Å²) in [6.45, 7) is 1.55.